The summed E-state index contributed by atoms with van der Waals surface area (Å²) in [5.74, 6) is -11.9. The van der Waals surface area contributed by atoms with Crippen LogP contribution < -0.4 is 0 Å². The van der Waals surface area contributed by atoms with E-state index in [1.165, 1.54) is 4.94 Å². The molecule has 1 unspecified atom stereocenters. The van der Waals surface area contributed by atoms with Crippen molar-refractivity contribution in [3.05, 3.63) is 0 Å². The standard InChI is InChI=1S/C9H11F9O5/c10-6(11,8(14,15)9(16,17)23-18)3-21-1-5(19)2-22-4-7(12,13)20/h5,19-20H,1-4H2. The summed E-state index contributed by atoms with van der Waals surface area (Å²) < 4.78 is 119. The maximum Gasteiger partial charge on any atom is 0.455 e. The van der Waals surface area contributed by atoms with Crippen LogP contribution in [0.15, 0.2) is 0 Å². The third-order valence-electron chi connectivity index (χ3n) is 2.10. The Morgan fingerprint density at radius 2 is 1.26 bits per heavy atom. The molecule has 5 nitrogen and oxygen atoms in total. The fraction of sp³-hybridized carbons (Fsp3) is 1.00. The van der Waals surface area contributed by atoms with E-state index in [0.717, 1.165) is 0 Å². The lowest BCUT2D eigenvalue weighted by Crippen LogP contribution is -2.56. The van der Waals surface area contributed by atoms with Crippen molar-refractivity contribution in [2.75, 3.05) is 26.4 Å². The van der Waals surface area contributed by atoms with Crippen LogP contribution in [0.4, 0.5) is 39.6 Å². The van der Waals surface area contributed by atoms with Crippen molar-refractivity contribution in [1.82, 2.24) is 0 Å². The Morgan fingerprint density at radius 3 is 1.65 bits per heavy atom. The second-order valence-electron chi connectivity index (χ2n) is 4.22. The Kier molecular flexibility index (Phi) is 7.55. The molecule has 14 heteroatoms. The molecule has 23 heavy (non-hydrogen) atoms. The molecule has 0 amide bonds. The van der Waals surface area contributed by atoms with Gasteiger partial charge < -0.3 is 19.7 Å². The number of rotatable bonds is 11. The van der Waals surface area contributed by atoms with E-state index in [4.69, 9.17) is 10.2 Å². The van der Waals surface area contributed by atoms with Gasteiger partial charge in [0.1, 0.15) is 19.3 Å². The van der Waals surface area contributed by atoms with E-state index in [1.807, 2.05) is 0 Å². The van der Waals surface area contributed by atoms with Gasteiger partial charge in [-0.25, -0.2) is 0 Å². The van der Waals surface area contributed by atoms with E-state index < -0.39 is 56.6 Å². The molecule has 2 N–H and O–H groups in total. The first kappa shape index (κ1) is 22.2. The minimum Gasteiger partial charge on any atom is -0.388 e. The first-order chi connectivity index (χ1) is 10.2. The SMILES string of the molecule is OC(COCC(O)(F)F)COCC(F)(F)C(F)(F)C(F)(F)OF. The van der Waals surface area contributed by atoms with Gasteiger partial charge >= 0.3 is 24.1 Å². The van der Waals surface area contributed by atoms with E-state index in [0.29, 0.717) is 0 Å². The molecule has 0 aliphatic heterocycles. The summed E-state index contributed by atoms with van der Waals surface area (Å²) in [5.41, 5.74) is 0. The van der Waals surface area contributed by atoms with Gasteiger partial charge in [0.15, 0.2) is 0 Å². The molecule has 0 spiro atoms. The van der Waals surface area contributed by atoms with E-state index in [1.54, 1.807) is 0 Å². The first-order valence-corrected chi connectivity index (χ1v) is 5.53. The van der Waals surface area contributed by atoms with Crippen molar-refractivity contribution in [3.63, 3.8) is 0 Å². The molecular formula is C9H11F9O5. The lowest BCUT2D eigenvalue weighted by atomic mass is 10.1. The van der Waals surface area contributed by atoms with Crippen molar-refractivity contribution in [3.8, 4) is 0 Å². The molecule has 0 rings (SSSR count). The highest BCUT2D eigenvalue weighted by atomic mass is 19.4. The van der Waals surface area contributed by atoms with Crippen LogP contribution in [-0.2, 0) is 14.4 Å². The molecule has 140 valence electrons. The molecule has 0 aliphatic carbocycles. The van der Waals surface area contributed by atoms with Crippen LogP contribution in [-0.4, -0.2) is 66.8 Å². The normalized spacial score (nSPS) is 15.8. The van der Waals surface area contributed by atoms with Crippen LogP contribution in [0.25, 0.3) is 0 Å². The summed E-state index contributed by atoms with van der Waals surface area (Å²) >= 11 is 0. The summed E-state index contributed by atoms with van der Waals surface area (Å²) in [5, 5.41) is 16.9. The quantitative estimate of drug-likeness (QED) is 0.543. The van der Waals surface area contributed by atoms with Crippen molar-refractivity contribution in [2.24, 2.45) is 0 Å². The predicted molar refractivity (Wildman–Crippen MR) is 51.8 cm³/mol. The van der Waals surface area contributed by atoms with Crippen molar-refractivity contribution in [1.29, 1.82) is 0 Å². The zero-order chi connectivity index (χ0) is 18.5. The summed E-state index contributed by atoms with van der Waals surface area (Å²) in [6.45, 7) is -6.09. The molecule has 0 aromatic heterocycles. The van der Waals surface area contributed by atoms with Crippen LogP contribution >= 0.6 is 0 Å². The molecule has 0 saturated carbocycles. The Bertz CT molecular complexity index is 360. The highest BCUT2D eigenvalue weighted by Gasteiger charge is 2.74. The number of aliphatic hydroxyl groups excluding tert-OH is 1. The van der Waals surface area contributed by atoms with Gasteiger partial charge in [-0.1, -0.05) is 0 Å². The van der Waals surface area contributed by atoms with Crippen LogP contribution in [0, 0.1) is 0 Å². The maximum absolute atomic E-state index is 12.9. The molecule has 0 bridgehead atoms. The Morgan fingerprint density at radius 1 is 0.826 bits per heavy atom. The Labute approximate surface area is 122 Å². The molecule has 0 saturated heterocycles. The number of aliphatic hydroxyl groups is 2. The van der Waals surface area contributed by atoms with E-state index in [-0.39, 0.29) is 0 Å². The molecular weight excluding hydrogens is 359 g/mol. The summed E-state index contributed by atoms with van der Waals surface area (Å²) in [7, 11) is 0. The maximum atomic E-state index is 12.9. The highest BCUT2D eigenvalue weighted by molar-refractivity contribution is 4.91. The molecule has 1 atom stereocenters. The first-order valence-electron chi connectivity index (χ1n) is 5.53. The van der Waals surface area contributed by atoms with Crippen LogP contribution in [0.3, 0.4) is 0 Å². The number of hydrogen-bond acceptors (Lipinski definition) is 5. The van der Waals surface area contributed by atoms with Gasteiger partial charge in [0.25, 0.3) is 0 Å². The van der Waals surface area contributed by atoms with E-state index >= 15 is 0 Å². The third kappa shape index (κ3) is 6.66. The second-order valence-corrected chi connectivity index (χ2v) is 4.22. The monoisotopic (exact) mass is 370 g/mol. The van der Waals surface area contributed by atoms with E-state index in [2.05, 4.69) is 9.47 Å². The van der Waals surface area contributed by atoms with Crippen LogP contribution in [0.1, 0.15) is 0 Å². The Balaban J connectivity index is 4.34. The lowest BCUT2D eigenvalue weighted by Gasteiger charge is -2.29. The van der Waals surface area contributed by atoms with Gasteiger partial charge in [0, 0.05) is 0 Å². The van der Waals surface area contributed by atoms with Gasteiger partial charge in [-0.05, 0) is 4.53 Å². The summed E-state index contributed by atoms with van der Waals surface area (Å²) in [4.78, 5) is 1.52. The molecule has 0 aliphatic rings. The summed E-state index contributed by atoms with van der Waals surface area (Å²) in [6, 6.07) is 0. The zero-order valence-corrected chi connectivity index (χ0v) is 10.9. The number of halogens is 9. The zero-order valence-electron chi connectivity index (χ0n) is 10.9. The molecule has 0 fully saturated rings. The second kappa shape index (κ2) is 7.83. The number of hydrogen-bond donors (Lipinski definition) is 2. The molecule has 0 aromatic rings. The fourth-order valence-electron chi connectivity index (χ4n) is 1.04. The van der Waals surface area contributed by atoms with Crippen molar-refractivity contribution in [2.45, 2.75) is 30.2 Å². The molecule has 0 aromatic carbocycles. The fourth-order valence-corrected chi connectivity index (χ4v) is 1.04. The van der Waals surface area contributed by atoms with Gasteiger partial charge in [-0.15, -0.1) is 4.94 Å². The van der Waals surface area contributed by atoms with Gasteiger partial charge in [0.2, 0.25) is 0 Å². The minimum absolute atomic E-state index is 0.970. The minimum atomic E-state index is -6.27. The van der Waals surface area contributed by atoms with Gasteiger partial charge in [-0.2, -0.15) is 35.1 Å². The average Bonchev–Trinajstić information content (AvgIpc) is 2.36. The Hall–Kier alpha value is -0.830. The lowest BCUT2D eigenvalue weighted by molar-refractivity contribution is -0.457. The third-order valence-corrected chi connectivity index (χ3v) is 2.10. The van der Waals surface area contributed by atoms with Crippen molar-refractivity contribution >= 4 is 0 Å². The smallest absolute Gasteiger partial charge is 0.388 e. The van der Waals surface area contributed by atoms with E-state index in [9.17, 15) is 39.6 Å². The molecule has 0 heterocycles. The van der Waals surface area contributed by atoms with Crippen LogP contribution in [0.5, 0.6) is 0 Å². The number of alkyl halides is 8. The molecule has 0 radical (unpaired) electrons. The highest BCUT2D eigenvalue weighted by Crippen LogP contribution is 2.46. The topological polar surface area (TPSA) is 68.2 Å². The predicted octanol–water partition coefficient (Wildman–Crippen LogP) is 1.73. The average molecular weight is 370 g/mol. The van der Waals surface area contributed by atoms with Gasteiger partial charge in [-0.3, -0.25) is 0 Å². The largest absolute Gasteiger partial charge is 0.455 e. The van der Waals surface area contributed by atoms with Crippen LogP contribution in [0.2, 0.25) is 0 Å². The summed E-state index contributed by atoms with van der Waals surface area (Å²) in [6.07, 6.45) is -12.2. The van der Waals surface area contributed by atoms with Crippen molar-refractivity contribution < 1.29 is 64.3 Å². The van der Waals surface area contributed by atoms with Gasteiger partial charge in [0.05, 0.1) is 13.2 Å². The number of ether oxygens (including phenoxy) is 2.